The number of carboxylic acids is 1. The zero-order valence-electron chi connectivity index (χ0n) is 9.72. The molecule has 0 saturated heterocycles. The number of ether oxygens (including phenoxy) is 1. The lowest BCUT2D eigenvalue weighted by Gasteiger charge is -2.10. The minimum Gasteiger partial charge on any atom is -0.497 e. The number of aliphatic carboxylic acids is 1. The van der Waals surface area contributed by atoms with Gasteiger partial charge in [0.25, 0.3) is 0 Å². The predicted molar refractivity (Wildman–Crippen MR) is 64.1 cm³/mol. The molecular weight excluding hydrogens is 220 g/mol. The third-order valence-corrected chi connectivity index (χ3v) is 2.54. The molecule has 4 nitrogen and oxygen atoms in total. The van der Waals surface area contributed by atoms with E-state index in [1.165, 1.54) is 0 Å². The fourth-order valence-electron chi connectivity index (χ4n) is 1.41. The Morgan fingerprint density at radius 1 is 1.41 bits per heavy atom. The number of benzene rings is 1. The van der Waals surface area contributed by atoms with Crippen LogP contribution in [0, 0.1) is 0 Å². The van der Waals surface area contributed by atoms with E-state index in [1.54, 1.807) is 7.11 Å². The summed E-state index contributed by atoms with van der Waals surface area (Å²) in [6.45, 7) is 3.32. The first-order valence-corrected chi connectivity index (χ1v) is 5.27. The molecular formula is C13H16O4. The van der Waals surface area contributed by atoms with E-state index in [-0.39, 0.29) is 5.57 Å². The van der Waals surface area contributed by atoms with Crippen molar-refractivity contribution >= 4 is 5.97 Å². The highest BCUT2D eigenvalue weighted by molar-refractivity contribution is 5.86. The summed E-state index contributed by atoms with van der Waals surface area (Å²) in [7, 11) is 1.59. The molecule has 0 spiro atoms. The average molecular weight is 236 g/mol. The second kappa shape index (κ2) is 6.06. The quantitative estimate of drug-likeness (QED) is 0.737. The Kier molecular flexibility index (Phi) is 4.72. The number of rotatable bonds is 6. The standard InChI is InChI=1S/C13H16O4/c1-9(13(15)16)12(14)8-5-10-3-6-11(17-2)7-4-10/h3-4,6-7,12,14H,1,5,8H2,2H3,(H,15,16). The van der Waals surface area contributed by atoms with Crippen molar-refractivity contribution < 1.29 is 19.7 Å². The highest BCUT2D eigenvalue weighted by atomic mass is 16.5. The molecule has 1 aromatic rings. The Labute approximate surface area is 100 Å². The number of aryl methyl sites for hydroxylation is 1. The zero-order chi connectivity index (χ0) is 12.8. The van der Waals surface area contributed by atoms with E-state index < -0.39 is 12.1 Å². The van der Waals surface area contributed by atoms with Gasteiger partial charge in [0.2, 0.25) is 0 Å². The van der Waals surface area contributed by atoms with Crippen LogP contribution in [0.25, 0.3) is 0 Å². The molecule has 0 heterocycles. The summed E-state index contributed by atoms with van der Waals surface area (Å²) in [4.78, 5) is 10.6. The molecule has 0 aliphatic carbocycles. The van der Waals surface area contributed by atoms with Crippen LogP contribution in [0.1, 0.15) is 12.0 Å². The number of aliphatic hydroxyl groups excluding tert-OH is 1. The Balaban J connectivity index is 2.49. The van der Waals surface area contributed by atoms with Crippen molar-refractivity contribution in [2.24, 2.45) is 0 Å². The van der Waals surface area contributed by atoms with E-state index in [1.807, 2.05) is 24.3 Å². The van der Waals surface area contributed by atoms with Gasteiger partial charge in [0, 0.05) is 0 Å². The van der Waals surface area contributed by atoms with Crippen LogP contribution in [0.5, 0.6) is 5.75 Å². The minimum atomic E-state index is -1.16. The first-order chi connectivity index (χ1) is 8.04. The molecule has 0 aromatic heterocycles. The summed E-state index contributed by atoms with van der Waals surface area (Å²) in [5.74, 6) is -0.392. The van der Waals surface area contributed by atoms with Crippen LogP contribution >= 0.6 is 0 Å². The largest absolute Gasteiger partial charge is 0.497 e. The molecule has 4 heteroatoms. The van der Waals surface area contributed by atoms with Crippen molar-refractivity contribution in [1.29, 1.82) is 0 Å². The van der Waals surface area contributed by atoms with Crippen LogP contribution in [0.4, 0.5) is 0 Å². The molecule has 1 atom stereocenters. The van der Waals surface area contributed by atoms with E-state index in [0.29, 0.717) is 12.8 Å². The maximum atomic E-state index is 10.6. The van der Waals surface area contributed by atoms with Crippen LogP contribution in [0.3, 0.4) is 0 Å². The van der Waals surface area contributed by atoms with Gasteiger partial charge >= 0.3 is 5.97 Å². The molecule has 1 aromatic carbocycles. The maximum Gasteiger partial charge on any atom is 0.333 e. The summed E-state index contributed by atoms with van der Waals surface area (Å²) in [5, 5.41) is 18.2. The van der Waals surface area contributed by atoms with E-state index in [0.717, 1.165) is 11.3 Å². The summed E-state index contributed by atoms with van der Waals surface area (Å²) >= 11 is 0. The third kappa shape index (κ3) is 3.92. The topological polar surface area (TPSA) is 66.8 Å². The maximum absolute atomic E-state index is 10.6. The van der Waals surface area contributed by atoms with Crippen LogP contribution < -0.4 is 4.74 Å². The second-order valence-electron chi connectivity index (χ2n) is 3.73. The van der Waals surface area contributed by atoms with Gasteiger partial charge in [0.1, 0.15) is 5.75 Å². The monoisotopic (exact) mass is 236 g/mol. The number of methoxy groups -OCH3 is 1. The Hall–Kier alpha value is -1.81. The van der Waals surface area contributed by atoms with E-state index in [2.05, 4.69) is 6.58 Å². The van der Waals surface area contributed by atoms with Crippen LogP contribution in [-0.2, 0) is 11.2 Å². The van der Waals surface area contributed by atoms with Crippen molar-refractivity contribution in [2.45, 2.75) is 18.9 Å². The normalized spacial score (nSPS) is 11.9. The van der Waals surface area contributed by atoms with Crippen LogP contribution in [0.15, 0.2) is 36.4 Å². The molecule has 92 valence electrons. The molecule has 1 unspecified atom stereocenters. The van der Waals surface area contributed by atoms with Gasteiger partial charge in [0.15, 0.2) is 0 Å². The van der Waals surface area contributed by atoms with Crippen molar-refractivity contribution in [1.82, 2.24) is 0 Å². The minimum absolute atomic E-state index is 0.168. The number of carboxylic acid groups (broad SMARTS) is 1. The fraction of sp³-hybridized carbons (Fsp3) is 0.308. The molecule has 0 aliphatic rings. The molecule has 0 fully saturated rings. The van der Waals surface area contributed by atoms with Gasteiger partial charge in [-0.15, -0.1) is 0 Å². The number of aliphatic hydroxyl groups is 1. The highest BCUT2D eigenvalue weighted by Gasteiger charge is 2.14. The van der Waals surface area contributed by atoms with Crippen molar-refractivity contribution in [3.8, 4) is 5.75 Å². The van der Waals surface area contributed by atoms with Gasteiger partial charge in [-0.2, -0.15) is 0 Å². The molecule has 1 rings (SSSR count). The van der Waals surface area contributed by atoms with Gasteiger partial charge in [-0.1, -0.05) is 18.7 Å². The molecule has 17 heavy (non-hydrogen) atoms. The first kappa shape index (κ1) is 13.3. The summed E-state index contributed by atoms with van der Waals surface area (Å²) in [6.07, 6.45) is -0.0656. The molecule has 2 N–H and O–H groups in total. The summed E-state index contributed by atoms with van der Waals surface area (Å²) < 4.78 is 5.02. The van der Waals surface area contributed by atoms with Gasteiger partial charge in [-0.3, -0.25) is 0 Å². The number of hydrogen-bond acceptors (Lipinski definition) is 3. The summed E-state index contributed by atoms with van der Waals surface area (Å²) in [5.41, 5.74) is 0.849. The van der Waals surface area contributed by atoms with E-state index in [4.69, 9.17) is 9.84 Å². The van der Waals surface area contributed by atoms with Gasteiger partial charge in [-0.05, 0) is 30.5 Å². The Bertz CT molecular complexity index is 394. The Morgan fingerprint density at radius 3 is 2.47 bits per heavy atom. The second-order valence-corrected chi connectivity index (χ2v) is 3.73. The van der Waals surface area contributed by atoms with E-state index >= 15 is 0 Å². The zero-order valence-corrected chi connectivity index (χ0v) is 9.72. The lowest BCUT2D eigenvalue weighted by atomic mass is 10.0. The van der Waals surface area contributed by atoms with Crippen molar-refractivity contribution in [3.05, 3.63) is 42.0 Å². The average Bonchev–Trinajstić information content (AvgIpc) is 2.35. The van der Waals surface area contributed by atoms with Gasteiger partial charge < -0.3 is 14.9 Å². The van der Waals surface area contributed by atoms with Crippen LogP contribution in [0.2, 0.25) is 0 Å². The fourth-order valence-corrected chi connectivity index (χ4v) is 1.41. The molecule has 0 bridgehead atoms. The number of hydrogen-bond donors (Lipinski definition) is 2. The third-order valence-electron chi connectivity index (χ3n) is 2.54. The molecule has 0 aliphatic heterocycles. The summed E-state index contributed by atoms with van der Waals surface area (Å²) in [6, 6.07) is 7.42. The van der Waals surface area contributed by atoms with Crippen molar-refractivity contribution in [2.75, 3.05) is 7.11 Å². The lowest BCUT2D eigenvalue weighted by Crippen LogP contribution is -2.17. The van der Waals surface area contributed by atoms with Crippen molar-refractivity contribution in [3.63, 3.8) is 0 Å². The number of carbonyl (C=O) groups is 1. The van der Waals surface area contributed by atoms with Crippen LogP contribution in [-0.4, -0.2) is 29.4 Å². The predicted octanol–water partition coefficient (Wildman–Crippen LogP) is 1.63. The smallest absolute Gasteiger partial charge is 0.333 e. The molecule has 0 amide bonds. The SMILES string of the molecule is C=C(C(=O)O)C(O)CCc1ccc(OC)cc1. The first-order valence-electron chi connectivity index (χ1n) is 5.27. The van der Waals surface area contributed by atoms with Gasteiger partial charge in [-0.25, -0.2) is 4.79 Å². The Morgan fingerprint density at radius 2 is 2.00 bits per heavy atom. The highest BCUT2D eigenvalue weighted by Crippen LogP contribution is 2.14. The molecule has 0 radical (unpaired) electrons. The van der Waals surface area contributed by atoms with E-state index in [9.17, 15) is 9.90 Å². The lowest BCUT2D eigenvalue weighted by molar-refractivity contribution is -0.133. The van der Waals surface area contributed by atoms with Gasteiger partial charge in [0.05, 0.1) is 18.8 Å². The molecule has 0 saturated carbocycles.